The lowest BCUT2D eigenvalue weighted by molar-refractivity contribution is -0.385. The number of nitrogens with zero attached hydrogens (tertiary/aromatic N) is 1. The molecule has 0 bridgehead atoms. The topological polar surface area (TPSA) is 69.4 Å². The molecule has 0 saturated carbocycles. The summed E-state index contributed by atoms with van der Waals surface area (Å²) in [5.74, 6) is -0.993. The maximum Gasteiger partial charge on any atom is 0.387 e. The van der Waals surface area contributed by atoms with E-state index in [1.165, 1.54) is 0 Å². The molecular weight excluding hydrogens is 351 g/mol. The predicted octanol–water partition coefficient (Wildman–Crippen LogP) is 3.00. The monoisotopic (exact) mass is 357 g/mol. The van der Waals surface area contributed by atoms with Gasteiger partial charge < -0.3 is 4.74 Å². The summed E-state index contributed by atoms with van der Waals surface area (Å²) in [7, 11) is 0. The fourth-order valence-corrected chi connectivity index (χ4v) is 1.82. The highest BCUT2D eigenvalue weighted by atomic mass is 127. The number of ether oxygens (including phenoxy) is 1. The second-order valence-corrected chi connectivity index (χ2v) is 4.15. The number of hydrogen-bond acceptors (Lipinski definition) is 4. The zero-order valence-corrected chi connectivity index (χ0v) is 10.6. The van der Waals surface area contributed by atoms with Crippen LogP contribution in [0.1, 0.15) is 17.3 Å². The Morgan fingerprint density at radius 3 is 2.53 bits per heavy atom. The van der Waals surface area contributed by atoms with E-state index in [0.717, 1.165) is 19.1 Å². The number of ketones is 1. The van der Waals surface area contributed by atoms with Crippen molar-refractivity contribution in [1.82, 2.24) is 0 Å². The molecule has 1 aromatic carbocycles. The van der Waals surface area contributed by atoms with Crippen LogP contribution in [0.4, 0.5) is 14.5 Å². The minimum atomic E-state index is -3.15. The van der Waals surface area contributed by atoms with Crippen LogP contribution in [0.2, 0.25) is 0 Å². The van der Waals surface area contributed by atoms with Crippen molar-refractivity contribution in [3.05, 3.63) is 31.4 Å². The number of rotatable bonds is 4. The molecule has 0 aromatic heterocycles. The van der Waals surface area contributed by atoms with Gasteiger partial charge in [-0.1, -0.05) is 0 Å². The number of Topliss-reactive ketones (excluding diaryl/α,β-unsaturated/α-hetero) is 1. The maximum atomic E-state index is 12.1. The van der Waals surface area contributed by atoms with E-state index in [1.807, 2.05) is 0 Å². The largest absolute Gasteiger partial charge is 0.434 e. The zero-order chi connectivity index (χ0) is 13.2. The lowest BCUT2D eigenvalue weighted by atomic mass is 10.1. The van der Waals surface area contributed by atoms with E-state index in [2.05, 4.69) is 4.74 Å². The molecule has 0 unspecified atom stereocenters. The first-order chi connectivity index (χ1) is 7.82. The molecule has 0 N–H and O–H groups in total. The van der Waals surface area contributed by atoms with Crippen molar-refractivity contribution in [3.8, 4) is 5.75 Å². The normalized spacial score (nSPS) is 10.4. The van der Waals surface area contributed by atoms with Crippen LogP contribution in [-0.2, 0) is 0 Å². The number of carbonyl (C=O) groups excluding carboxylic acids is 1. The fraction of sp³-hybridized carbons (Fsp3) is 0.222. The summed E-state index contributed by atoms with van der Waals surface area (Å²) in [6, 6.07) is 1.98. The summed E-state index contributed by atoms with van der Waals surface area (Å²) in [5, 5.41) is 10.6. The van der Waals surface area contributed by atoms with Crippen molar-refractivity contribution >= 4 is 34.1 Å². The number of benzene rings is 1. The van der Waals surface area contributed by atoms with Gasteiger partial charge in [0.2, 0.25) is 0 Å². The highest BCUT2D eigenvalue weighted by Crippen LogP contribution is 2.31. The molecule has 1 aromatic rings. The van der Waals surface area contributed by atoms with Crippen molar-refractivity contribution in [2.75, 3.05) is 0 Å². The van der Waals surface area contributed by atoms with E-state index in [4.69, 9.17) is 0 Å². The third kappa shape index (κ3) is 3.32. The van der Waals surface area contributed by atoms with Gasteiger partial charge in [-0.25, -0.2) is 0 Å². The zero-order valence-electron chi connectivity index (χ0n) is 8.45. The number of alkyl halides is 2. The van der Waals surface area contributed by atoms with Crippen molar-refractivity contribution < 1.29 is 23.2 Å². The SMILES string of the molecule is CC(=O)c1cc(I)c([N+](=O)[O-])cc1OC(F)F. The van der Waals surface area contributed by atoms with Gasteiger partial charge in [-0.3, -0.25) is 14.9 Å². The first kappa shape index (κ1) is 13.7. The number of nitro benzene ring substituents is 1. The van der Waals surface area contributed by atoms with E-state index >= 15 is 0 Å². The molecule has 0 fully saturated rings. The van der Waals surface area contributed by atoms with Crippen molar-refractivity contribution in [3.63, 3.8) is 0 Å². The fourth-order valence-electron chi connectivity index (χ4n) is 1.15. The van der Waals surface area contributed by atoms with E-state index in [0.29, 0.717) is 0 Å². The summed E-state index contributed by atoms with van der Waals surface area (Å²) in [6.45, 7) is -1.98. The van der Waals surface area contributed by atoms with Crippen LogP contribution in [0.25, 0.3) is 0 Å². The summed E-state index contributed by atoms with van der Waals surface area (Å²) < 4.78 is 28.5. The number of nitro groups is 1. The number of hydrogen-bond donors (Lipinski definition) is 0. The van der Waals surface area contributed by atoms with E-state index in [9.17, 15) is 23.7 Å². The molecule has 92 valence electrons. The summed E-state index contributed by atoms with van der Waals surface area (Å²) in [4.78, 5) is 21.1. The van der Waals surface area contributed by atoms with Crippen LogP contribution >= 0.6 is 22.6 Å². The molecule has 0 amide bonds. The van der Waals surface area contributed by atoms with E-state index < -0.39 is 23.1 Å². The van der Waals surface area contributed by atoms with Crippen LogP contribution in [0.15, 0.2) is 12.1 Å². The molecule has 0 saturated heterocycles. The summed E-state index contributed by atoms with van der Waals surface area (Å²) in [5.41, 5.74) is -0.494. The van der Waals surface area contributed by atoms with Gasteiger partial charge in [0, 0.05) is 0 Å². The molecule has 5 nitrogen and oxygen atoms in total. The Kier molecular flexibility index (Phi) is 4.32. The average molecular weight is 357 g/mol. The molecule has 0 radical (unpaired) electrons. The van der Waals surface area contributed by atoms with Crippen LogP contribution in [-0.4, -0.2) is 17.3 Å². The average Bonchev–Trinajstić information content (AvgIpc) is 2.18. The molecule has 0 aliphatic carbocycles. The van der Waals surface area contributed by atoms with Crippen LogP contribution in [0, 0.1) is 13.7 Å². The molecule has 0 aliphatic rings. The van der Waals surface area contributed by atoms with Gasteiger partial charge in [0.25, 0.3) is 5.69 Å². The third-order valence-corrected chi connectivity index (χ3v) is 2.71. The molecular formula is C9H6F2INO4. The van der Waals surface area contributed by atoms with Crippen LogP contribution in [0.3, 0.4) is 0 Å². The number of carbonyl (C=O) groups is 1. The minimum Gasteiger partial charge on any atom is -0.434 e. The summed E-state index contributed by atoms with van der Waals surface area (Å²) >= 11 is 1.65. The quantitative estimate of drug-likeness (QED) is 0.360. The highest BCUT2D eigenvalue weighted by molar-refractivity contribution is 14.1. The van der Waals surface area contributed by atoms with Crippen LogP contribution < -0.4 is 4.74 Å². The Morgan fingerprint density at radius 2 is 2.12 bits per heavy atom. The van der Waals surface area contributed by atoms with Gasteiger partial charge in [0.1, 0.15) is 5.75 Å². The highest BCUT2D eigenvalue weighted by Gasteiger charge is 2.21. The molecule has 17 heavy (non-hydrogen) atoms. The Balaban J connectivity index is 3.36. The Hall–Kier alpha value is -1.32. The molecule has 1 rings (SSSR count). The Bertz CT molecular complexity index is 478. The van der Waals surface area contributed by atoms with Crippen molar-refractivity contribution in [2.45, 2.75) is 13.5 Å². The van der Waals surface area contributed by atoms with E-state index in [1.54, 1.807) is 22.6 Å². The summed E-state index contributed by atoms with van der Waals surface area (Å²) in [6.07, 6.45) is 0. The molecule has 0 spiro atoms. The van der Waals surface area contributed by atoms with Gasteiger partial charge in [-0.2, -0.15) is 8.78 Å². The second-order valence-electron chi connectivity index (χ2n) is 2.99. The van der Waals surface area contributed by atoms with Gasteiger partial charge >= 0.3 is 6.61 Å². The lowest BCUT2D eigenvalue weighted by Crippen LogP contribution is -2.08. The van der Waals surface area contributed by atoms with Crippen molar-refractivity contribution in [1.29, 1.82) is 0 Å². The van der Waals surface area contributed by atoms with Crippen LogP contribution in [0.5, 0.6) is 5.75 Å². The van der Waals surface area contributed by atoms with Gasteiger partial charge in [0.15, 0.2) is 5.78 Å². The predicted molar refractivity (Wildman–Crippen MR) is 62.4 cm³/mol. The molecule has 8 heteroatoms. The van der Waals surface area contributed by atoms with Gasteiger partial charge in [0.05, 0.1) is 20.1 Å². The molecule has 0 atom stereocenters. The maximum absolute atomic E-state index is 12.1. The number of halogens is 3. The lowest BCUT2D eigenvalue weighted by Gasteiger charge is -2.09. The van der Waals surface area contributed by atoms with Gasteiger partial charge in [-0.05, 0) is 35.6 Å². The molecule has 0 aliphatic heterocycles. The van der Waals surface area contributed by atoms with E-state index in [-0.39, 0.29) is 14.8 Å². The Labute approximate surface area is 108 Å². The Morgan fingerprint density at radius 1 is 1.53 bits per heavy atom. The minimum absolute atomic E-state index is 0.111. The smallest absolute Gasteiger partial charge is 0.387 e. The first-order valence-electron chi connectivity index (χ1n) is 4.26. The second kappa shape index (κ2) is 5.34. The molecule has 0 heterocycles. The standard InChI is InChI=1S/C9H6F2INO4/c1-4(14)5-2-6(12)7(13(15)16)3-8(5)17-9(10)11/h2-3,9H,1H3. The van der Waals surface area contributed by atoms with Gasteiger partial charge in [-0.15, -0.1) is 0 Å². The van der Waals surface area contributed by atoms with Crippen molar-refractivity contribution in [2.24, 2.45) is 0 Å². The first-order valence-corrected chi connectivity index (χ1v) is 5.34. The third-order valence-electron chi connectivity index (χ3n) is 1.84.